The maximum Gasteiger partial charge on any atom is 0.277 e. The van der Waals surface area contributed by atoms with E-state index in [0.717, 1.165) is 22.2 Å². The Hall–Kier alpha value is -2.54. The van der Waals surface area contributed by atoms with Gasteiger partial charge in [-0.25, -0.2) is 5.43 Å². The fourth-order valence-electron chi connectivity index (χ4n) is 3.77. The van der Waals surface area contributed by atoms with E-state index in [4.69, 9.17) is 9.47 Å². The van der Waals surface area contributed by atoms with Crippen LogP contribution in [-0.2, 0) is 4.79 Å². The van der Waals surface area contributed by atoms with Crippen molar-refractivity contribution >= 4 is 33.7 Å². The predicted octanol–water partition coefficient (Wildman–Crippen LogP) is 4.71. The molecule has 7 heteroatoms. The zero-order valence-electron chi connectivity index (χ0n) is 18.0. The number of amides is 1. The number of methoxy groups -OCH3 is 1. The van der Waals surface area contributed by atoms with E-state index in [-0.39, 0.29) is 18.1 Å². The molecule has 0 bridgehead atoms. The van der Waals surface area contributed by atoms with Gasteiger partial charge in [-0.3, -0.25) is 4.79 Å². The van der Waals surface area contributed by atoms with Crippen LogP contribution in [0.4, 0.5) is 5.69 Å². The topological polar surface area (TPSA) is 63.2 Å². The number of benzene rings is 2. The Morgan fingerprint density at radius 3 is 2.70 bits per heavy atom. The zero-order valence-corrected chi connectivity index (χ0v) is 19.6. The first kappa shape index (κ1) is 22.2. The van der Waals surface area contributed by atoms with Gasteiger partial charge in [0.2, 0.25) is 0 Å². The lowest BCUT2D eigenvalue weighted by molar-refractivity contribution is -0.123. The zero-order chi connectivity index (χ0) is 21.9. The van der Waals surface area contributed by atoms with Gasteiger partial charge in [0.25, 0.3) is 5.91 Å². The van der Waals surface area contributed by atoms with Gasteiger partial charge in [-0.2, -0.15) is 5.10 Å². The van der Waals surface area contributed by atoms with Gasteiger partial charge in [-0.15, -0.1) is 0 Å². The van der Waals surface area contributed by atoms with E-state index in [9.17, 15) is 4.79 Å². The normalized spacial score (nSPS) is 17.5. The summed E-state index contributed by atoms with van der Waals surface area (Å²) in [4.78, 5) is 14.3. The van der Waals surface area contributed by atoms with Gasteiger partial charge >= 0.3 is 0 Å². The molecule has 0 radical (unpaired) electrons. The second-order valence-electron chi connectivity index (χ2n) is 8.17. The van der Waals surface area contributed by atoms with E-state index in [0.29, 0.717) is 11.7 Å². The summed E-state index contributed by atoms with van der Waals surface area (Å²) < 4.78 is 12.0. The van der Waals surface area contributed by atoms with E-state index >= 15 is 0 Å². The molecule has 1 aliphatic rings. The molecule has 2 aromatic rings. The molecule has 0 saturated carbocycles. The number of rotatable bonds is 6. The Labute approximate surface area is 186 Å². The molecule has 0 saturated heterocycles. The summed E-state index contributed by atoms with van der Waals surface area (Å²) in [6.07, 6.45) is 2.67. The van der Waals surface area contributed by atoms with Crippen molar-refractivity contribution in [3.05, 3.63) is 52.0 Å². The Bertz CT molecular complexity index is 941. The maximum absolute atomic E-state index is 12.0. The number of nitrogens with one attached hydrogen (secondary N) is 1. The molecule has 1 unspecified atom stereocenters. The molecule has 2 aromatic carbocycles. The second kappa shape index (κ2) is 9.08. The summed E-state index contributed by atoms with van der Waals surface area (Å²) in [5.41, 5.74) is 5.83. The highest BCUT2D eigenvalue weighted by molar-refractivity contribution is 9.10. The van der Waals surface area contributed by atoms with Crippen LogP contribution in [0.15, 0.2) is 46.0 Å². The number of nitrogens with zero attached hydrogens (tertiary/aromatic N) is 2. The minimum absolute atomic E-state index is 0.0792. The van der Waals surface area contributed by atoms with Crippen molar-refractivity contribution in [3.63, 3.8) is 0 Å². The molecule has 1 amide bonds. The lowest BCUT2D eigenvalue weighted by Crippen LogP contribution is -2.45. The quantitative estimate of drug-likeness (QED) is 0.487. The van der Waals surface area contributed by atoms with Gasteiger partial charge in [0.05, 0.1) is 13.3 Å². The molecule has 1 atom stereocenters. The molecule has 0 spiro atoms. The Balaban J connectivity index is 1.68. The number of carbonyl (C=O) groups excluding carboxylic acids is 1. The van der Waals surface area contributed by atoms with Crippen LogP contribution in [0.2, 0.25) is 0 Å². The largest absolute Gasteiger partial charge is 0.496 e. The average Bonchev–Trinajstić information content (AvgIpc) is 2.71. The molecule has 0 aromatic heterocycles. The highest BCUT2D eigenvalue weighted by Gasteiger charge is 2.34. The minimum atomic E-state index is -0.332. The Morgan fingerprint density at radius 1 is 1.33 bits per heavy atom. The first-order valence-electron chi connectivity index (χ1n) is 9.87. The summed E-state index contributed by atoms with van der Waals surface area (Å²) in [5, 5.41) is 4.09. The van der Waals surface area contributed by atoms with Crippen LogP contribution in [-0.4, -0.2) is 38.4 Å². The van der Waals surface area contributed by atoms with Gasteiger partial charge < -0.3 is 14.4 Å². The first-order chi connectivity index (χ1) is 14.2. The molecule has 1 N–H and O–H groups in total. The number of hydrazone groups is 1. The van der Waals surface area contributed by atoms with E-state index in [1.165, 1.54) is 11.3 Å². The van der Waals surface area contributed by atoms with E-state index in [1.807, 2.05) is 18.2 Å². The third-order valence-corrected chi connectivity index (χ3v) is 6.09. The van der Waals surface area contributed by atoms with Gasteiger partial charge in [0, 0.05) is 34.4 Å². The van der Waals surface area contributed by atoms with E-state index < -0.39 is 0 Å². The third-order valence-electron chi connectivity index (χ3n) is 5.56. The fourth-order valence-corrected chi connectivity index (χ4v) is 4.04. The summed E-state index contributed by atoms with van der Waals surface area (Å²) in [6, 6.07) is 11.4. The van der Waals surface area contributed by atoms with Crippen molar-refractivity contribution in [2.45, 2.75) is 38.6 Å². The maximum atomic E-state index is 12.0. The molecule has 0 aliphatic carbocycles. The summed E-state index contributed by atoms with van der Waals surface area (Å²) in [5.74, 6) is 1.42. The smallest absolute Gasteiger partial charge is 0.277 e. The first-order valence-corrected chi connectivity index (χ1v) is 10.7. The van der Waals surface area contributed by atoms with Gasteiger partial charge in [-0.1, -0.05) is 22.9 Å². The minimum Gasteiger partial charge on any atom is -0.496 e. The Kier molecular flexibility index (Phi) is 6.71. The van der Waals surface area contributed by atoms with Crippen LogP contribution in [0.3, 0.4) is 0 Å². The number of fused-ring (bicyclic) bond motifs is 1. The summed E-state index contributed by atoms with van der Waals surface area (Å²) in [6.45, 7) is 6.62. The highest BCUT2D eigenvalue weighted by Crippen LogP contribution is 2.44. The van der Waals surface area contributed by atoms with Crippen LogP contribution in [0, 0.1) is 0 Å². The molecule has 160 valence electrons. The van der Waals surface area contributed by atoms with Crippen molar-refractivity contribution in [1.82, 2.24) is 5.43 Å². The number of hydrogen-bond acceptors (Lipinski definition) is 5. The standard InChI is InChI=1S/C23H28BrN3O3/c1-15-12-23(2,3)27(4)20-11-21(29-5)16(10-19(15)20)13-25-26-22(28)14-30-18-8-6-17(24)7-9-18/h6-11,13,15H,12,14H2,1-5H3,(H,26,28)/b25-13-. The van der Waals surface area contributed by atoms with Crippen molar-refractivity contribution in [1.29, 1.82) is 0 Å². The van der Waals surface area contributed by atoms with Crippen LogP contribution >= 0.6 is 15.9 Å². The number of ether oxygens (including phenoxy) is 2. The molecule has 3 rings (SSSR count). The second-order valence-corrected chi connectivity index (χ2v) is 9.08. The van der Waals surface area contributed by atoms with Crippen LogP contribution in [0.5, 0.6) is 11.5 Å². The van der Waals surface area contributed by atoms with Crippen LogP contribution in [0.25, 0.3) is 0 Å². The van der Waals surface area contributed by atoms with E-state index in [2.05, 4.69) is 65.2 Å². The van der Waals surface area contributed by atoms with Crippen molar-refractivity contribution in [2.75, 3.05) is 25.7 Å². The molecule has 1 aliphatic heterocycles. The van der Waals surface area contributed by atoms with Crippen molar-refractivity contribution in [3.8, 4) is 11.5 Å². The highest BCUT2D eigenvalue weighted by atomic mass is 79.9. The lowest BCUT2D eigenvalue weighted by Gasteiger charge is -2.45. The molecular formula is C23H28BrN3O3. The third kappa shape index (κ3) is 4.95. The summed E-state index contributed by atoms with van der Waals surface area (Å²) >= 11 is 3.36. The van der Waals surface area contributed by atoms with Crippen LogP contribution < -0.4 is 19.8 Å². The average molecular weight is 474 g/mol. The number of hydrogen-bond donors (Lipinski definition) is 1. The van der Waals surface area contributed by atoms with Gasteiger partial charge in [0.15, 0.2) is 6.61 Å². The monoisotopic (exact) mass is 473 g/mol. The number of halogens is 1. The SMILES string of the molecule is COc1cc2c(cc1/C=N\NC(=O)COc1ccc(Br)cc1)C(C)CC(C)(C)N2C. The van der Waals surface area contributed by atoms with Crippen molar-refractivity contribution < 1.29 is 14.3 Å². The van der Waals surface area contributed by atoms with Crippen LogP contribution in [0.1, 0.15) is 44.2 Å². The van der Waals surface area contributed by atoms with E-state index in [1.54, 1.807) is 25.5 Å². The number of anilines is 1. The summed E-state index contributed by atoms with van der Waals surface area (Å²) in [7, 11) is 3.75. The van der Waals surface area contributed by atoms with Gasteiger partial charge in [-0.05, 0) is 62.1 Å². The molecule has 0 fully saturated rings. The molecule has 30 heavy (non-hydrogen) atoms. The van der Waals surface area contributed by atoms with Gasteiger partial charge in [0.1, 0.15) is 11.5 Å². The lowest BCUT2D eigenvalue weighted by atomic mass is 9.80. The fraction of sp³-hybridized carbons (Fsp3) is 0.391. The molecular weight excluding hydrogens is 446 g/mol. The Morgan fingerprint density at radius 2 is 2.03 bits per heavy atom. The number of carbonyl (C=O) groups is 1. The van der Waals surface area contributed by atoms with Crippen molar-refractivity contribution in [2.24, 2.45) is 5.10 Å². The molecule has 6 nitrogen and oxygen atoms in total. The predicted molar refractivity (Wildman–Crippen MR) is 124 cm³/mol. The molecule has 1 heterocycles.